The zero-order valence-electron chi connectivity index (χ0n) is 14.3. The van der Waals surface area contributed by atoms with E-state index < -0.39 is 11.9 Å². The molecule has 2 aromatic rings. The van der Waals surface area contributed by atoms with E-state index in [0.717, 1.165) is 33.5 Å². The molecule has 0 spiro atoms. The van der Waals surface area contributed by atoms with Gasteiger partial charge in [0, 0.05) is 12.7 Å². The van der Waals surface area contributed by atoms with Crippen molar-refractivity contribution in [3.05, 3.63) is 56.5 Å². The number of benzene rings is 1. The number of fused-ring (bicyclic) bond motifs is 1. The first-order chi connectivity index (χ1) is 11.3. The minimum Gasteiger partial charge on any atom is -0.481 e. The second kappa shape index (κ2) is 5.91. The van der Waals surface area contributed by atoms with Crippen molar-refractivity contribution in [2.75, 3.05) is 0 Å². The Morgan fingerprint density at radius 3 is 2.58 bits per heavy atom. The van der Waals surface area contributed by atoms with E-state index in [9.17, 15) is 14.7 Å². The van der Waals surface area contributed by atoms with Gasteiger partial charge < -0.3 is 14.4 Å². The highest BCUT2D eigenvalue weighted by Gasteiger charge is 2.26. The molecule has 3 rings (SSSR count). The number of carboxylic acid groups (broad SMARTS) is 1. The molecule has 24 heavy (non-hydrogen) atoms. The molecule has 5 heteroatoms. The first-order valence-electron chi connectivity index (χ1n) is 7.95. The third-order valence-corrected chi connectivity index (χ3v) is 4.93. The summed E-state index contributed by atoms with van der Waals surface area (Å²) in [6.45, 7) is 6.30. The van der Waals surface area contributed by atoms with E-state index >= 15 is 0 Å². The largest absolute Gasteiger partial charge is 0.481 e. The minimum absolute atomic E-state index is 0.0411. The van der Waals surface area contributed by atoms with Gasteiger partial charge >= 0.3 is 5.97 Å². The smallest absolute Gasteiger partial charge is 0.310 e. The lowest BCUT2D eigenvalue weighted by molar-refractivity contribution is -0.138. The lowest BCUT2D eigenvalue weighted by Gasteiger charge is -2.17. The number of pyridine rings is 1. The number of hydrogen-bond acceptors (Lipinski definition) is 3. The summed E-state index contributed by atoms with van der Waals surface area (Å²) in [5, 5.41) is 9.31. The third kappa shape index (κ3) is 2.45. The number of aliphatic carboxylic acids is 1. The number of ether oxygens (including phenoxy) is 1. The molecule has 0 aliphatic carbocycles. The Morgan fingerprint density at radius 1 is 1.25 bits per heavy atom. The van der Waals surface area contributed by atoms with Crippen LogP contribution in [-0.2, 0) is 29.8 Å². The van der Waals surface area contributed by atoms with E-state index in [1.807, 2.05) is 32.0 Å². The molecule has 1 aliphatic rings. The Labute approximate surface area is 140 Å². The number of carbonyl (C=O) groups is 1. The van der Waals surface area contributed by atoms with Crippen LogP contribution in [0.1, 0.15) is 40.8 Å². The van der Waals surface area contributed by atoms with Gasteiger partial charge in [0.2, 0.25) is 0 Å². The van der Waals surface area contributed by atoms with Gasteiger partial charge in [-0.2, -0.15) is 0 Å². The Bertz CT molecular complexity index is 895. The highest BCUT2D eigenvalue weighted by Crippen LogP contribution is 2.36. The van der Waals surface area contributed by atoms with E-state index in [1.54, 1.807) is 18.5 Å². The normalized spacial score (nSPS) is 14.5. The molecule has 1 unspecified atom stereocenters. The molecule has 0 saturated heterocycles. The summed E-state index contributed by atoms with van der Waals surface area (Å²) in [5.74, 6) is -1.46. The van der Waals surface area contributed by atoms with Crippen LogP contribution in [0.5, 0.6) is 0 Å². The van der Waals surface area contributed by atoms with Gasteiger partial charge in [-0.1, -0.05) is 12.1 Å². The Hall–Kier alpha value is -2.40. The van der Waals surface area contributed by atoms with Gasteiger partial charge in [-0.05, 0) is 54.7 Å². The quantitative estimate of drug-likeness (QED) is 0.941. The van der Waals surface area contributed by atoms with Crippen LogP contribution in [0.25, 0.3) is 11.1 Å². The maximum absolute atomic E-state index is 12.8. The van der Waals surface area contributed by atoms with Gasteiger partial charge in [-0.15, -0.1) is 0 Å². The minimum atomic E-state index is -0.862. The lowest BCUT2D eigenvalue weighted by atomic mass is 9.88. The third-order valence-electron chi connectivity index (χ3n) is 4.93. The fourth-order valence-corrected chi connectivity index (χ4v) is 3.38. The summed E-state index contributed by atoms with van der Waals surface area (Å²) in [5.41, 5.74) is 5.91. The zero-order chi connectivity index (χ0) is 17.6. The van der Waals surface area contributed by atoms with Gasteiger partial charge in [0.05, 0.1) is 24.7 Å². The maximum Gasteiger partial charge on any atom is 0.310 e. The molecule has 1 aliphatic heterocycles. The molecule has 1 atom stereocenters. The molecule has 2 heterocycles. The fraction of sp³-hybridized carbons (Fsp3) is 0.368. The van der Waals surface area contributed by atoms with Crippen molar-refractivity contribution in [1.82, 2.24) is 4.57 Å². The number of nitrogens with zero attached hydrogens (tertiary/aromatic N) is 1. The molecular weight excluding hydrogens is 306 g/mol. The van der Waals surface area contributed by atoms with Crippen LogP contribution >= 0.6 is 0 Å². The van der Waals surface area contributed by atoms with E-state index in [0.29, 0.717) is 18.8 Å². The van der Waals surface area contributed by atoms with Gasteiger partial charge in [0.25, 0.3) is 5.56 Å². The average molecular weight is 327 g/mol. The standard InChI is InChI=1S/C19H21NO4/c1-10-7-11(2)20(4)18(21)17(10)14-6-5-13(12(3)19(22)23)15-8-24-9-16(14)15/h5-7,12H,8-9H2,1-4H3,(H,22,23). The van der Waals surface area contributed by atoms with Crippen molar-refractivity contribution < 1.29 is 14.6 Å². The van der Waals surface area contributed by atoms with Crippen LogP contribution in [0, 0.1) is 13.8 Å². The van der Waals surface area contributed by atoms with Crippen LogP contribution in [0.3, 0.4) is 0 Å². The van der Waals surface area contributed by atoms with Crippen LogP contribution in [0.4, 0.5) is 0 Å². The highest BCUT2D eigenvalue weighted by molar-refractivity contribution is 5.79. The maximum atomic E-state index is 12.8. The van der Waals surface area contributed by atoms with E-state index in [4.69, 9.17) is 4.74 Å². The van der Waals surface area contributed by atoms with Gasteiger partial charge in [-0.3, -0.25) is 9.59 Å². The Balaban J connectivity index is 2.26. The first kappa shape index (κ1) is 16.5. The summed E-state index contributed by atoms with van der Waals surface area (Å²) in [4.78, 5) is 24.1. The molecule has 126 valence electrons. The molecule has 1 aromatic carbocycles. The summed E-state index contributed by atoms with van der Waals surface area (Å²) in [6.07, 6.45) is 0. The Kier molecular flexibility index (Phi) is 4.05. The molecule has 0 amide bonds. The second-order valence-electron chi connectivity index (χ2n) is 6.42. The Morgan fingerprint density at radius 2 is 1.92 bits per heavy atom. The lowest BCUT2D eigenvalue weighted by Crippen LogP contribution is -2.22. The number of aryl methyl sites for hydroxylation is 2. The molecule has 5 nitrogen and oxygen atoms in total. The summed E-state index contributed by atoms with van der Waals surface area (Å²) in [7, 11) is 1.76. The van der Waals surface area contributed by atoms with Crippen LogP contribution in [-0.4, -0.2) is 15.6 Å². The van der Waals surface area contributed by atoms with Crippen LogP contribution in [0.15, 0.2) is 23.0 Å². The van der Waals surface area contributed by atoms with Crippen molar-refractivity contribution >= 4 is 5.97 Å². The van der Waals surface area contributed by atoms with Crippen molar-refractivity contribution in [2.24, 2.45) is 7.05 Å². The van der Waals surface area contributed by atoms with Crippen molar-refractivity contribution in [1.29, 1.82) is 0 Å². The number of carboxylic acids is 1. The molecule has 0 bridgehead atoms. The van der Waals surface area contributed by atoms with Gasteiger partial charge in [0.1, 0.15) is 0 Å². The van der Waals surface area contributed by atoms with Gasteiger partial charge in [0.15, 0.2) is 0 Å². The van der Waals surface area contributed by atoms with E-state index in [1.165, 1.54) is 0 Å². The number of aromatic nitrogens is 1. The molecule has 0 fully saturated rings. The number of rotatable bonds is 3. The van der Waals surface area contributed by atoms with Gasteiger partial charge in [-0.25, -0.2) is 0 Å². The topological polar surface area (TPSA) is 68.5 Å². The molecule has 0 saturated carbocycles. The van der Waals surface area contributed by atoms with Crippen molar-refractivity contribution in [3.63, 3.8) is 0 Å². The summed E-state index contributed by atoms with van der Waals surface area (Å²) in [6, 6.07) is 5.68. The monoisotopic (exact) mass is 327 g/mol. The summed E-state index contributed by atoms with van der Waals surface area (Å²) >= 11 is 0. The molecule has 1 aromatic heterocycles. The molecular formula is C19H21NO4. The number of hydrogen-bond donors (Lipinski definition) is 1. The molecule has 1 N–H and O–H groups in total. The van der Waals surface area contributed by atoms with E-state index in [2.05, 4.69) is 0 Å². The molecule has 0 radical (unpaired) electrons. The predicted molar refractivity (Wildman–Crippen MR) is 91.1 cm³/mol. The predicted octanol–water partition coefficient (Wildman–Crippen LogP) is 2.89. The SMILES string of the molecule is Cc1cc(C)n(C)c(=O)c1-c1ccc(C(C)C(=O)O)c2c1COC2. The van der Waals surface area contributed by atoms with E-state index in [-0.39, 0.29) is 5.56 Å². The van der Waals surface area contributed by atoms with Crippen molar-refractivity contribution in [2.45, 2.75) is 39.9 Å². The van der Waals surface area contributed by atoms with Crippen LogP contribution in [0.2, 0.25) is 0 Å². The second-order valence-corrected chi connectivity index (χ2v) is 6.42. The summed E-state index contributed by atoms with van der Waals surface area (Å²) < 4.78 is 7.22. The highest BCUT2D eigenvalue weighted by atomic mass is 16.5. The average Bonchev–Trinajstić information content (AvgIpc) is 3.02. The van der Waals surface area contributed by atoms with Crippen molar-refractivity contribution in [3.8, 4) is 11.1 Å². The fourth-order valence-electron chi connectivity index (χ4n) is 3.38. The van der Waals surface area contributed by atoms with Crippen LogP contribution < -0.4 is 5.56 Å². The first-order valence-corrected chi connectivity index (χ1v) is 7.95. The zero-order valence-corrected chi connectivity index (χ0v) is 14.3.